The second-order valence-corrected chi connectivity index (χ2v) is 5.56. The van der Waals surface area contributed by atoms with Crippen LogP contribution in [0.4, 0.5) is 5.69 Å². The Morgan fingerprint density at radius 2 is 2.05 bits per heavy atom. The maximum absolute atomic E-state index is 8.96. The molecule has 1 aliphatic rings. The van der Waals surface area contributed by atoms with Crippen LogP contribution in [0.2, 0.25) is 0 Å². The summed E-state index contributed by atoms with van der Waals surface area (Å²) in [6, 6.07) is 12.8. The maximum Gasteiger partial charge on any atom is 0.170 e. The Morgan fingerprint density at radius 3 is 2.76 bits per heavy atom. The van der Waals surface area contributed by atoms with Crippen molar-refractivity contribution in [2.24, 2.45) is 10.9 Å². The molecule has 1 heterocycles. The smallest absolute Gasteiger partial charge is 0.170 e. The Balaban J connectivity index is 2.17. The molecule has 0 radical (unpaired) electrons. The molecule has 1 atom stereocenters. The molecule has 21 heavy (non-hydrogen) atoms. The molecule has 1 saturated heterocycles. The number of benzene rings is 2. The van der Waals surface area contributed by atoms with E-state index in [4.69, 9.17) is 10.9 Å². The third-order valence-corrected chi connectivity index (χ3v) is 4.44. The van der Waals surface area contributed by atoms with Crippen molar-refractivity contribution in [1.29, 1.82) is 0 Å². The molecule has 110 valence electrons. The predicted molar refractivity (Wildman–Crippen MR) is 87.1 cm³/mol. The zero-order valence-corrected chi connectivity index (χ0v) is 12.3. The number of oxime groups is 1. The highest BCUT2D eigenvalue weighted by atomic mass is 16.4. The standard InChI is InChI=1S/C17H21N3O/c1-2-12-6-5-11-20(12)16-10-9-15(17(18)19-21)13-7-3-4-8-14(13)16/h3-4,7-10,12,21H,2,5-6,11H2,1H3,(H2,18,19). The van der Waals surface area contributed by atoms with Gasteiger partial charge in [-0.1, -0.05) is 36.3 Å². The van der Waals surface area contributed by atoms with Gasteiger partial charge in [0.2, 0.25) is 0 Å². The topological polar surface area (TPSA) is 61.8 Å². The van der Waals surface area contributed by atoms with Crippen molar-refractivity contribution in [3.8, 4) is 0 Å². The molecular formula is C17H21N3O. The first-order chi connectivity index (χ1) is 10.3. The van der Waals surface area contributed by atoms with Crippen LogP contribution in [0, 0.1) is 0 Å². The van der Waals surface area contributed by atoms with Gasteiger partial charge in [0.15, 0.2) is 5.84 Å². The molecule has 0 bridgehead atoms. The highest BCUT2D eigenvalue weighted by Gasteiger charge is 2.24. The molecule has 0 amide bonds. The number of fused-ring (bicyclic) bond motifs is 1. The molecule has 3 rings (SSSR count). The molecular weight excluding hydrogens is 262 g/mol. The quantitative estimate of drug-likeness (QED) is 0.393. The minimum absolute atomic E-state index is 0.159. The summed E-state index contributed by atoms with van der Waals surface area (Å²) >= 11 is 0. The van der Waals surface area contributed by atoms with Crippen molar-refractivity contribution in [1.82, 2.24) is 0 Å². The third kappa shape index (κ3) is 2.31. The largest absolute Gasteiger partial charge is 0.409 e. The Morgan fingerprint density at radius 1 is 1.29 bits per heavy atom. The van der Waals surface area contributed by atoms with Gasteiger partial charge in [-0.15, -0.1) is 0 Å². The number of amidine groups is 1. The van der Waals surface area contributed by atoms with Crippen molar-refractivity contribution >= 4 is 22.3 Å². The van der Waals surface area contributed by atoms with E-state index in [1.165, 1.54) is 23.9 Å². The van der Waals surface area contributed by atoms with Gasteiger partial charge in [-0.2, -0.15) is 0 Å². The molecule has 3 N–H and O–H groups in total. The Kier molecular flexibility index (Phi) is 3.69. The lowest BCUT2D eigenvalue weighted by molar-refractivity contribution is 0.318. The van der Waals surface area contributed by atoms with E-state index in [1.807, 2.05) is 24.3 Å². The van der Waals surface area contributed by atoms with Crippen LogP contribution in [-0.4, -0.2) is 23.6 Å². The lowest BCUT2D eigenvalue weighted by Gasteiger charge is -2.27. The van der Waals surface area contributed by atoms with Crippen molar-refractivity contribution < 1.29 is 5.21 Å². The number of anilines is 1. The summed E-state index contributed by atoms with van der Waals surface area (Å²) in [5.74, 6) is 0.159. The van der Waals surface area contributed by atoms with Crippen LogP contribution in [0.3, 0.4) is 0 Å². The van der Waals surface area contributed by atoms with E-state index in [9.17, 15) is 0 Å². The van der Waals surface area contributed by atoms with Gasteiger partial charge < -0.3 is 15.8 Å². The Hall–Kier alpha value is -2.23. The Bertz CT molecular complexity index is 681. The second kappa shape index (κ2) is 5.64. The van der Waals surface area contributed by atoms with E-state index in [0.29, 0.717) is 6.04 Å². The summed E-state index contributed by atoms with van der Waals surface area (Å²) in [4.78, 5) is 2.50. The van der Waals surface area contributed by atoms with Crippen molar-refractivity contribution in [3.63, 3.8) is 0 Å². The zero-order chi connectivity index (χ0) is 14.8. The van der Waals surface area contributed by atoms with E-state index in [-0.39, 0.29) is 5.84 Å². The normalized spacial score (nSPS) is 19.4. The summed E-state index contributed by atoms with van der Waals surface area (Å²) in [6.45, 7) is 3.35. The van der Waals surface area contributed by atoms with Gasteiger partial charge in [-0.25, -0.2) is 0 Å². The molecule has 0 spiro atoms. The molecule has 1 fully saturated rings. The van der Waals surface area contributed by atoms with Gasteiger partial charge in [0.1, 0.15) is 0 Å². The number of hydrogen-bond donors (Lipinski definition) is 2. The SMILES string of the molecule is CCC1CCCN1c1ccc(/C(N)=N/O)c2ccccc12. The summed E-state index contributed by atoms with van der Waals surface area (Å²) in [7, 11) is 0. The van der Waals surface area contributed by atoms with Crippen LogP contribution >= 0.6 is 0 Å². The minimum atomic E-state index is 0.159. The molecule has 2 aromatic carbocycles. The number of nitrogens with zero attached hydrogens (tertiary/aromatic N) is 2. The van der Waals surface area contributed by atoms with Crippen molar-refractivity contribution in [2.75, 3.05) is 11.4 Å². The fourth-order valence-corrected chi connectivity index (χ4v) is 3.39. The molecule has 2 aromatic rings. The molecule has 1 aliphatic heterocycles. The summed E-state index contributed by atoms with van der Waals surface area (Å²) in [6.07, 6.45) is 3.66. The number of nitrogens with two attached hydrogens (primary N) is 1. The summed E-state index contributed by atoms with van der Waals surface area (Å²) in [5, 5.41) is 14.3. The average molecular weight is 283 g/mol. The van der Waals surface area contributed by atoms with Crippen LogP contribution in [0.25, 0.3) is 10.8 Å². The Labute approximate surface area is 124 Å². The molecule has 0 aromatic heterocycles. The van der Waals surface area contributed by atoms with Gasteiger partial charge in [-0.05, 0) is 36.8 Å². The maximum atomic E-state index is 8.96. The monoisotopic (exact) mass is 283 g/mol. The molecule has 0 aliphatic carbocycles. The lowest BCUT2D eigenvalue weighted by Crippen LogP contribution is -2.28. The highest BCUT2D eigenvalue weighted by molar-refractivity contribution is 6.11. The van der Waals surface area contributed by atoms with Crippen LogP contribution < -0.4 is 10.6 Å². The number of rotatable bonds is 3. The predicted octanol–water partition coefficient (Wildman–Crippen LogP) is 3.31. The van der Waals surface area contributed by atoms with Gasteiger partial charge in [0.25, 0.3) is 0 Å². The van der Waals surface area contributed by atoms with Crippen LogP contribution in [0.15, 0.2) is 41.6 Å². The van der Waals surface area contributed by atoms with E-state index in [1.54, 1.807) is 0 Å². The van der Waals surface area contributed by atoms with Crippen LogP contribution in [0.1, 0.15) is 31.7 Å². The fraction of sp³-hybridized carbons (Fsp3) is 0.353. The highest BCUT2D eigenvalue weighted by Crippen LogP contribution is 2.34. The van der Waals surface area contributed by atoms with Crippen molar-refractivity contribution in [3.05, 3.63) is 42.0 Å². The first-order valence-corrected chi connectivity index (χ1v) is 7.52. The summed E-state index contributed by atoms with van der Waals surface area (Å²) in [5.41, 5.74) is 7.84. The first kappa shape index (κ1) is 13.7. The van der Waals surface area contributed by atoms with Gasteiger partial charge >= 0.3 is 0 Å². The van der Waals surface area contributed by atoms with Gasteiger partial charge in [-0.3, -0.25) is 0 Å². The van der Waals surface area contributed by atoms with Gasteiger partial charge in [0, 0.05) is 29.2 Å². The van der Waals surface area contributed by atoms with E-state index >= 15 is 0 Å². The number of hydrogen-bond acceptors (Lipinski definition) is 3. The van der Waals surface area contributed by atoms with E-state index < -0.39 is 0 Å². The minimum Gasteiger partial charge on any atom is -0.409 e. The second-order valence-electron chi connectivity index (χ2n) is 5.56. The van der Waals surface area contributed by atoms with E-state index in [2.05, 4.69) is 29.1 Å². The van der Waals surface area contributed by atoms with E-state index in [0.717, 1.165) is 23.9 Å². The molecule has 1 unspecified atom stereocenters. The lowest BCUT2D eigenvalue weighted by atomic mass is 10.0. The first-order valence-electron chi connectivity index (χ1n) is 7.52. The zero-order valence-electron chi connectivity index (χ0n) is 12.3. The molecule has 4 heteroatoms. The molecule has 4 nitrogen and oxygen atoms in total. The summed E-state index contributed by atoms with van der Waals surface area (Å²) < 4.78 is 0. The van der Waals surface area contributed by atoms with Gasteiger partial charge in [0.05, 0.1) is 0 Å². The fourth-order valence-electron chi connectivity index (χ4n) is 3.39. The van der Waals surface area contributed by atoms with Crippen molar-refractivity contribution in [2.45, 2.75) is 32.2 Å². The third-order valence-electron chi connectivity index (χ3n) is 4.44. The molecule has 0 saturated carbocycles. The van der Waals surface area contributed by atoms with Crippen LogP contribution in [-0.2, 0) is 0 Å². The van der Waals surface area contributed by atoms with Crippen LogP contribution in [0.5, 0.6) is 0 Å². The average Bonchev–Trinajstić information content (AvgIpc) is 3.01.